The normalized spacial score (nSPS) is 16.6. The number of hydrogen-bond acceptors (Lipinski definition) is 3. The lowest BCUT2D eigenvalue weighted by molar-refractivity contribution is -0.136. The molecule has 0 unspecified atom stereocenters. The van der Waals surface area contributed by atoms with Crippen LogP contribution in [0.15, 0.2) is 41.3 Å². The molecule has 1 aromatic heterocycles. The van der Waals surface area contributed by atoms with E-state index < -0.39 is 5.91 Å². The molecule has 1 aromatic carbocycles. The highest BCUT2D eigenvalue weighted by Gasteiger charge is 2.31. The quantitative estimate of drug-likeness (QED) is 0.846. The van der Waals surface area contributed by atoms with Crippen LogP contribution in [0.1, 0.15) is 52.7 Å². The highest BCUT2D eigenvalue weighted by atomic mass is 16.2. The second-order valence-electron chi connectivity index (χ2n) is 8.10. The van der Waals surface area contributed by atoms with E-state index in [0.29, 0.717) is 38.0 Å². The predicted molar refractivity (Wildman–Crippen MR) is 110 cm³/mol. The SMILES string of the molecule is NC(=O)c1c2c(cn(CCc3ccccc3)c1=O)CN(C(=O)C1CCCC1)CC2. The van der Waals surface area contributed by atoms with Crippen molar-refractivity contribution in [3.63, 3.8) is 0 Å². The first kappa shape index (κ1) is 19.4. The van der Waals surface area contributed by atoms with E-state index >= 15 is 0 Å². The van der Waals surface area contributed by atoms with E-state index in [1.807, 2.05) is 41.4 Å². The molecular formula is C23H27N3O3. The molecule has 152 valence electrons. The molecule has 0 atom stereocenters. The first-order chi connectivity index (χ1) is 14.0. The molecule has 0 spiro atoms. The van der Waals surface area contributed by atoms with Gasteiger partial charge in [-0.25, -0.2) is 0 Å². The molecule has 0 bridgehead atoms. The molecule has 1 fully saturated rings. The molecule has 2 N–H and O–H groups in total. The van der Waals surface area contributed by atoms with Crippen molar-refractivity contribution in [2.24, 2.45) is 11.7 Å². The zero-order valence-electron chi connectivity index (χ0n) is 16.6. The number of carbonyl (C=O) groups is 2. The number of aromatic nitrogens is 1. The van der Waals surface area contributed by atoms with Crippen molar-refractivity contribution in [1.29, 1.82) is 0 Å². The summed E-state index contributed by atoms with van der Waals surface area (Å²) in [6, 6.07) is 9.91. The van der Waals surface area contributed by atoms with Gasteiger partial charge in [-0.05, 0) is 42.4 Å². The Morgan fingerprint density at radius 2 is 1.83 bits per heavy atom. The number of nitrogens with zero attached hydrogens (tertiary/aromatic N) is 2. The van der Waals surface area contributed by atoms with E-state index in [0.717, 1.165) is 36.8 Å². The van der Waals surface area contributed by atoms with Crippen LogP contribution in [0.2, 0.25) is 0 Å². The number of benzene rings is 1. The largest absolute Gasteiger partial charge is 0.365 e. The van der Waals surface area contributed by atoms with Crippen LogP contribution in [-0.4, -0.2) is 27.8 Å². The number of aryl methyl sites for hydroxylation is 2. The zero-order valence-corrected chi connectivity index (χ0v) is 16.6. The van der Waals surface area contributed by atoms with Gasteiger partial charge in [0.25, 0.3) is 11.5 Å². The molecule has 2 aliphatic rings. The van der Waals surface area contributed by atoms with Gasteiger partial charge in [-0.1, -0.05) is 43.2 Å². The molecule has 0 radical (unpaired) electrons. The van der Waals surface area contributed by atoms with E-state index in [4.69, 9.17) is 5.73 Å². The van der Waals surface area contributed by atoms with Crippen molar-refractivity contribution in [1.82, 2.24) is 9.47 Å². The van der Waals surface area contributed by atoms with Gasteiger partial charge in [-0.15, -0.1) is 0 Å². The van der Waals surface area contributed by atoms with Gasteiger partial charge in [0.15, 0.2) is 0 Å². The lowest BCUT2D eigenvalue weighted by atomic mass is 9.94. The summed E-state index contributed by atoms with van der Waals surface area (Å²) in [6.07, 6.45) is 7.17. The highest BCUT2D eigenvalue weighted by molar-refractivity contribution is 5.94. The molecule has 1 saturated carbocycles. The van der Waals surface area contributed by atoms with Crippen LogP contribution in [0.4, 0.5) is 0 Å². The molecule has 1 aliphatic heterocycles. The summed E-state index contributed by atoms with van der Waals surface area (Å²) in [5.41, 5.74) is 8.03. The van der Waals surface area contributed by atoms with Gasteiger partial charge in [0, 0.05) is 31.7 Å². The summed E-state index contributed by atoms with van der Waals surface area (Å²) in [5.74, 6) is -0.358. The Labute approximate surface area is 170 Å². The summed E-state index contributed by atoms with van der Waals surface area (Å²) in [4.78, 5) is 39.7. The second kappa shape index (κ2) is 8.23. The van der Waals surface area contributed by atoms with Crippen molar-refractivity contribution in [3.8, 4) is 0 Å². The Morgan fingerprint density at radius 3 is 2.52 bits per heavy atom. The Hall–Kier alpha value is -2.89. The lowest BCUT2D eigenvalue weighted by Gasteiger charge is -2.32. The predicted octanol–water partition coefficient (Wildman–Crippen LogP) is 2.26. The number of primary amides is 1. The van der Waals surface area contributed by atoms with Gasteiger partial charge in [0.1, 0.15) is 5.56 Å². The van der Waals surface area contributed by atoms with Crippen LogP contribution in [-0.2, 0) is 30.7 Å². The molecule has 4 rings (SSSR count). The number of carbonyl (C=O) groups excluding carboxylic acids is 2. The van der Waals surface area contributed by atoms with Crippen molar-refractivity contribution < 1.29 is 9.59 Å². The maximum absolute atomic E-state index is 12.9. The fourth-order valence-corrected chi connectivity index (χ4v) is 4.64. The average Bonchev–Trinajstić information content (AvgIpc) is 3.26. The Morgan fingerprint density at radius 1 is 1.10 bits per heavy atom. The van der Waals surface area contributed by atoms with Crippen LogP contribution in [0.5, 0.6) is 0 Å². The van der Waals surface area contributed by atoms with E-state index in [1.54, 1.807) is 4.57 Å². The fourth-order valence-electron chi connectivity index (χ4n) is 4.64. The topological polar surface area (TPSA) is 85.4 Å². The number of rotatable bonds is 5. The first-order valence-corrected chi connectivity index (χ1v) is 10.4. The molecule has 6 nitrogen and oxygen atoms in total. The van der Waals surface area contributed by atoms with Crippen LogP contribution in [0, 0.1) is 5.92 Å². The summed E-state index contributed by atoms with van der Waals surface area (Å²) >= 11 is 0. The molecule has 0 saturated heterocycles. The van der Waals surface area contributed by atoms with Crippen molar-refractivity contribution >= 4 is 11.8 Å². The minimum absolute atomic E-state index is 0.0866. The van der Waals surface area contributed by atoms with Crippen LogP contribution in [0.3, 0.4) is 0 Å². The molecular weight excluding hydrogens is 366 g/mol. The standard InChI is InChI=1S/C23H27N3O3/c24-21(27)20-19-11-13-25(22(28)17-8-4-5-9-17)14-18(19)15-26(23(20)29)12-10-16-6-2-1-3-7-16/h1-3,6-7,15,17H,4-5,8-14H2,(H2,24,27). The number of pyridine rings is 1. The van der Waals surface area contributed by atoms with Gasteiger partial charge >= 0.3 is 0 Å². The third kappa shape index (κ3) is 3.97. The second-order valence-corrected chi connectivity index (χ2v) is 8.10. The monoisotopic (exact) mass is 393 g/mol. The maximum atomic E-state index is 12.9. The van der Waals surface area contributed by atoms with Crippen LogP contribution >= 0.6 is 0 Å². The Balaban J connectivity index is 1.62. The Kier molecular flexibility index (Phi) is 5.51. The van der Waals surface area contributed by atoms with E-state index in [1.165, 1.54) is 0 Å². The minimum Gasteiger partial charge on any atom is -0.365 e. The first-order valence-electron chi connectivity index (χ1n) is 10.4. The van der Waals surface area contributed by atoms with Crippen molar-refractivity contribution in [2.45, 2.75) is 51.6 Å². The number of fused-ring (bicyclic) bond motifs is 1. The van der Waals surface area contributed by atoms with Gasteiger partial charge in [-0.2, -0.15) is 0 Å². The maximum Gasteiger partial charge on any atom is 0.263 e. The third-order valence-corrected chi connectivity index (χ3v) is 6.22. The fraction of sp³-hybridized carbons (Fsp3) is 0.435. The highest BCUT2D eigenvalue weighted by Crippen LogP contribution is 2.29. The van der Waals surface area contributed by atoms with Gasteiger partial charge in [-0.3, -0.25) is 14.4 Å². The third-order valence-electron chi connectivity index (χ3n) is 6.22. The molecule has 29 heavy (non-hydrogen) atoms. The lowest BCUT2D eigenvalue weighted by Crippen LogP contribution is -2.42. The van der Waals surface area contributed by atoms with Crippen LogP contribution < -0.4 is 11.3 Å². The van der Waals surface area contributed by atoms with Crippen molar-refractivity contribution in [2.75, 3.05) is 6.54 Å². The smallest absolute Gasteiger partial charge is 0.263 e. The van der Waals surface area contributed by atoms with Gasteiger partial charge in [0.05, 0.1) is 0 Å². The minimum atomic E-state index is -0.684. The summed E-state index contributed by atoms with van der Waals surface area (Å²) in [7, 11) is 0. The molecule has 2 aromatic rings. The van der Waals surface area contributed by atoms with E-state index in [-0.39, 0.29) is 22.9 Å². The Bertz CT molecular complexity index is 975. The van der Waals surface area contributed by atoms with E-state index in [2.05, 4.69) is 0 Å². The molecule has 1 aliphatic carbocycles. The zero-order chi connectivity index (χ0) is 20.4. The molecule has 2 heterocycles. The van der Waals surface area contributed by atoms with Gasteiger partial charge < -0.3 is 15.2 Å². The van der Waals surface area contributed by atoms with Gasteiger partial charge in [0.2, 0.25) is 5.91 Å². The number of nitrogens with two attached hydrogens (primary N) is 1. The summed E-state index contributed by atoms with van der Waals surface area (Å²) in [5, 5.41) is 0. The summed E-state index contributed by atoms with van der Waals surface area (Å²) in [6.45, 7) is 1.44. The average molecular weight is 393 g/mol. The van der Waals surface area contributed by atoms with Crippen molar-refractivity contribution in [3.05, 3.63) is 69.1 Å². The molecule has 6 heteroatoms. The van der Waals surface area contributed by atoms with E-state index in [9.17, 15) is 14.4 Å². The number of hydrogen-bond donors (Lipinski definition) is 1. The van der Waals surface area contributed by atoms with Crippen LogP contribution in [0.25, 0.3) is 0 Å². The summed E-state index contributed by atoms with van der Waals surface area (Å²) < 4.78 is 1.58. The number of amides is 2. The molecule has 2 amide bonds.